The molecule has 3 aromatic rings. The summed E-state index contributed by atoms with van der Waals surface area (Å²) in [6, 6.07) is 19.3. The number of carbonyl (C=O) groups is 3. The maximum Gasteiger partial charge on any atom is 0.347 e. The summed E-state index contributed by atoms with van der Waals surface area (Å²) in [4.78, 5) is 40.3. The average Bonchev–Trinajstić information content (AvgIpc) is 2.81. The summed E-state index contributed by atoms with van der Waals surface area (Å²) in [5.41, 5.74) is 1.89. The maximum absolute atomic E-state index is 13.1. The number of para-hydroxylation sites is 1. The second-order valence-corrected chi connectivity index (χ2v) is 8.88. The van der Waals surface area contributed by atoms with Gasteiger partial charge in [0.1, 0.15) is 5.75 Å². The first-order chi connectivity index (χ1) is 15.8. The third kappa shape index (κ3) is 5.05. The molecular formula is C25H20ClNO5S. The highest BCUT2D eigenvalue weighted by Crippen LogP contribution is 2.48. The summed E-state index contributed by atoms with van der Waals surface area (Å²) in [6.07, 6.45) is -0.938. The van der Waals surface area contributed by atoms with Gasteiger partial charge in [-0.25, -0.2) is 4.79 Å². The van der Waals surface area contributed by atoms with Crippen LogP contribution in [0.4, 0.5) is 11.4 Å². The lowest BCUT2D eigenvalue weighted by atomic mass is 10.1. The molecule has 1 heterocycles. The molecule has 0 spiro atoms. The number of hydrogen-bond acceptors (Lipinski definition) is 6. The van der Waals surface area contributed by atoms with Crippen molar-refractivity contribution in [3.05, 3.63) is 77.3 Å². The van der Waals surface area contributed by atoms with Crippen LogP contribution in [0.25, 0.3) is 0 Å². The maximum atomic E-state index is 13.1. The van der Waals surface area contributed by atoms with E-state index in [9.17, 15) is 14.4 Å². The molecule has 0 aromatic heterocycles. The summed E-state index contributed by atoms with van der Waals surface area (Å²) in [5.74, 6) is -0.725. The van der Waals surface area contributed by atoms with E-state index in [1.54, 1.807) is 48.2 Å². The number of ether oxygens (including phenoxy) is 2. The zero-order chi connectivity index (χ0) is 23.5. The Balaban J connectivity index is 1.45. The summed E-state index contributed by atoms with van der Waals surface area (Å²) < 4.78 is 10.8. The van der Waals surface area contributed by atoms with Crippen LogP contribution >= 0.6 is 23.4 Å². The van der Waals surface area contributed by atoms with Gasteiger partial charge in [0.05, 0.1) is 11.4 Å². The molecule has 0 saturated carbocycles. The molecule has 1 amide bonds. The standard InChI is InChI=1S/C25H20ClNO5S/c1-15(28)17-7-10-19(11-8-17)32-16(2)25(30)31-14-24(29)27-20-5-3-4-6-22(20)33-23-12-9-18(26)13-21(23)27/h3-13,16H,14H2,1-2H3. The molecule has 4 rings (SSSR count). The number of amides is 1. The van der Waals surface area contributed by atoms with Gasteiger partial charge in [0, 0.05) is 20.4 Å². The van der Waals surface area contributed by atoms with E-state index in [4.69, 9.17) is 21.1 Å². The normalized spacial score (nSPS) is 12.9. The van der Waals surface area contributed by atoms with Crippen molar-refractivity contribution in [3.63, 3.8) is 0 Å². The Bertz CT molecular complexity index is 1230. The lowest BCUT2D eigenvalue weighted by molar-refractivity contribution is -0.154. The number of benzene rings is 3. The number of nitrogens with zero attached hydrogens (tertiary/aromatic N) is 1. The number of halogens is 1. The molecule has 1 aliphatic rings. The Labute approximate surface area is 200 Å². The molecule has 1 unspecified atom stereocenters. The van der Waals surface area contributed by atoms with E-state index in [-0.39, 0.29) is 5.78 Å². The molecule has 1 atom stereocenters. The van der Waals surface area contributed by atoms with Crippen molar-refractivity contribution in [1.29, 1.82) is 0 Å². The van der Waals surface area contributed by atoms with E-state index in [1.165, 1.54) is 18.7 Å². The Morgan fingerprint density at radius 3 is 2.39 bits per heavy atom. The molecule has 0 fully saturated rings. The first-order valence-electron chi connectivity index (χ1n) is 10.2. The van der Waals surface area contributed by atoms with Crippen molar-refractivity contribution < 1.29 is 23.9 Å². The van der Waals surface area contributed by atoms with Gasteiger partial charge in [-0.2, -0.15) is 0 Å². The summed E-state index contributed by atoms with van der Waals surface area (Å²) in [7, 11) is 0. The number of carbonyl (C=O) groups excluding carboxylic acids is 3. The first-order valence-corrected chi connectivity index (χ1v) is 11.4. The fraction of sp³-hybridized carbons (Fsp3) is 0.160. The second-order valence-electron chi connectivity index (χ2n) is 7.36. The quantitative estimate of drug-likeness (QED) is 0.333. The van der Waals surface area contributed by atoms with E-state index in [0.717, 1.165) is 9.79 Å². The largest absolute Gasteiger partial charge is 0.479 e. The fourth-order valence-corrected chi connectivity index (χ4v) is 4.54. The molecule has 0 bridgehead atoms. The van der Waals surface area contributed by atoms with E-state index < -0.39 is 24.6 Å². The molecule has 0 radical (unpaired) electrons. The summed E-state index contributed by atoms with van der Waals surface area (Å²) in [6.45, 7) is 2.55. The number of fused-ring (bicyclic) bond motifs is 2. The minimum Gasteiger partial charge on any atom is -0.479 e. The zero-order valence-electron chi connectivity index (χ0n) is 17.9. The molecule has 168 valence electrons. The number of ketones is 1. The van der Waals surface area contributed by atoms with Gasteiger partial charge >= 0.3 is 5.97 Å². The molecule has 1 aliphatic heterocycles. The molecule has 6 nitrogen and oxygen atoms in total. The van der Waals surface area contributed by atoms with Crippen LogP contribution in [-0.2, 0) is 14.3 Å². The van der Waals surface area contributed by atoms with Gasteiger partial charge in [0.2, 0.25) is 0 Å². The highest BCUT2D eigenvalue weighted by Gasteiger charge is 2.29. The van der Waals surface area contributed by atoms with Crippen LogP contribution in [-0.4, -0.2) is 30.4 Å². The highest BCUT2D eigenvalue weighted by molar-refractivity contribution is 7.99. The molecule has 0 aliphatic carbocycles. The Kier molecular flexibility index (Phi) is 6.72. The van der Waals surface area contributed by atoms with Gasteiger partial charge in [-0.15, -0.1) is 0 Å². The number of hydrogen-bond donors (Lipinski definition) is 0. The molecular weight excluding hydrogens is 462 g/mol. The predicted octanol–water partition coefficient (Wildman–Crippen LogP) is 5.68. The fourth-order valence-electron chi connectivity index (χ4n) is 3.33. The molecule has 8 heteroatoms. The van der Waals surface area contributed by atoms with Gasteiger partial charge in [0.25, 0.3) is 5.91 Å². The summed E-state index contributed by atoms with van der Waals surface area (Å²) in [5, 5.41) is 0.501. The minimum atomic E-state index is -0.938. The monoisotopic (exact) mass is 481 g/mol. The van der Waals surface area contributed by atoms with Crippen molar-refractivity contribution >= 4 is 52.4 Å². The van der Waals surface area contributed by atoms with E-state index in [2.05, 4.69) is 0 Å². The second kappa shape index (κ2) is 9.68. The lowest BCUT2D eigenvalue weighted by Crippen LogP contribution is -2.35. The topological polar surface area (TPSA) is 72.9 Å². The molecule has 3 aromatic carbocycles. The van der Waals surface area contributed by atoms with E-state index >= 15 is 0 Å². The highest BCUT2D eigenvalue weighted by atomic mass is 35.5. The van der Waals surface area contributed by atoms with Gasteiger partial charge in [-0.05, 0) is 68.4 Å². The van der Waals surface area contributed by atoms with Crippen LogP contribution < -0.4 is 9.64 Å². The van der Waals surface area contributed by atoms with Gasteiger partial charge < -0.3 is 9.47 Å². The number of esters is 1. The smallest absolute Gasteiger partial charge is 0.347 e. The van der Waals surface area contributed by atoms with Crippen molar-refractivity contribution in [1.82, 2.24) is 0 Å². The molecule has 33 heavy (non-hydrogen) atoms. The Hall–Kier alpha value is -3.29. The average molecular weight is 482 g/mol. The predicted molar refractivity (Wildman–Crippen MR) is 127 cm³/mol. The first kappa shape index (κ1) is 22.9. The Morgan fingerprint density at radius 1 is 0.970 bits per heavy atom. The van der Waals surface area contributed by atoms with Crippen LogP contribution in [0, 0.1) is 0 Å². The van der Waals surface area contributed by atoms with Gasteiger partial charge in [0.15, 0.2) is 18.5 Å². The van der Waals surface area contributed by atoms with Crippen LogP contribution in [0.15, 0.2) is 76.5 Å². The third-order valence-corrected chi connectivity index (χ3v) is 6.35. The molecule has 0 saturated heterocycles. The SMILES string of the molecule is CC(=O)c1ccc(OC(C)C(=O)OCC(=O)N2c3ccccc3Sc3ccc(Cl)cc32)cc1. The van der Waals surface area contributed by atoms with Crippen LogP contribution in [0.3, 0.4) is 0 Å². The van der Waals surface area contributed by atoms with Crippen molar-refractivity contribution in [2.24, 2.45) is 0 Å². The zero-order valence-corrected chi connectivity index (χ0v) is 19.5. The number of Topliss-reactive ketones (excluding diaryl/α,β-unsaturated/α-hetero) is 1. The van der Waals surface area contributed by atoms with E-state index in [1.807, 2.05) is 30.3 Å². The number of anilines is 2. The number of rotatable bonds is 6. The minimum absolute atomic E-state index is 0.0620. The van der Waals surface area contributed by atoms with Crippen LogP contribution in [0.1, 0.15) is 24.2 Å². The van der Waals surface area contributed by atoms with E-state index in [0.29, 0.717) is 27.7 Å². The molecule has 0 N–H and O–H groups in total. The Morgan fingerprint density at radius 2 is 1.67 bits per heavy atom. The lowest BCUT2D eigenvalue weighted by Gasteiger charge is -2.31. The van der Waals surface area contributed by atoms with Crippen molar-refractivity contribution in [2.75, 3.05) is 11.5 Å². The van der Waals surface area contributed by atoms with Crippen molar-refractivity contribution in [3.8, 4) is 5.75 Å². The third-order valence-electron chi connectivity index (χ3n) is 4.98. The van der Waals surface area contributed by atoms with Crippen LogP contribution in [0.5, 0.6) is 5.75 Å². The van der Waals surface area contributed by atoms with Crippen molar-refractivity contribution in [2.45, 2.75) is 29.7 Å². The summed E-state index contributed by atoms with van der Waals surface area (Å²) >= 11 is 7.72. The van der Waals surface area contributed by atoms with Gasteiger partial charge in [-0.1, -0.05) is 35.5 Å². The van der Waals surface area contributed by atoms with Gasteiger partial charge in [-0.3, -0.25) is 14.5 Å². The van der Waals surface area contributed by atoms with Crippen LogP contribution in [0.2, 0.25) is 5.02 Å².